The number of ether oxygens (including phenoxy) is 2. The number of benzene rings is 2. The number of halogens is 1. The van der Waals surface area contributed by atoms with Gasteiger partial charge in [0.05, 0.1) is 26.0 Å². The first kappa shape index (κ1) is 14.3. The Morgan fingerprint density at radius 3 is 2.50 bits per heavy atom. The van der Waals surface area contributed by atoms with E-state index in [4.69, 9.17) is 9.47 Å². The van der Waals surface area contributed by atoms with Crippen molar-refractivity contribution in [1.29, 1.82) is 0 Å². The lowest BCUT2D eigenvalue weighted by molar-refractivity contribution is 0.130. The van der Waals surface area contributed by atoms with Crippen molar-refractivity contribution in [3.05, 3.63) is 59.9 Å². The molecule has 0 amide bonds. The van der Waals surface area contributed by atoms with Crippen LogP contribution in [0, 0.1) is 5.82 Å². The zero-order valence-corrected chi connectivity index (χ0v) is 11.4. The molecule has 0 radical (unpaired) electrons. The van der Waals surface area contributed by atoms with Gasteiger partial charge < -0.3 is 14.8 Å². The second kappa shape index (κ2) is 7.50. The molecule has 1 N–H and O–H groups in total. The molecular weight excluding hydrogens is 257 g/mol. The van der Waals surface area contributed by atoms with Gasteiger partial charge in [0.2, 0.25) is 0 Å². The van der Waals surface area contributed by atoms with Crippen LogP contribution in [0.25, 0.3) is 0 Å². The normalized spacial score (nSPS) is 10.3. The highest BCUT2D eigenvalue weighted by Crippen LogP contribution is 2.13. The molecule has 0 atom stereocenters. The average molecular weight is 275 g/mol. The molecule has 0 fully saturated rings. The van der Waals surface area contributed by atoms with Crippen LogP contribution in [-0.4, -0.2) is 20.3 Å². The molecule has 106 valence electrons. The average Bonchev–Trinajstić information content (AvgIpc) is 2.49. The topological polar surface area (TPSA) is 30.5 Å². The predicted octanol–water partition coefficient (Wildman–Crippen LogP) is 3.46. The van der Waals surface area contributed by atoms with Crippen LogP contribution in [0.1, 0.15) is 5.56 Å². The number of nitrogens with one attached hydrogen (secondary N) is 1. The monoisotopic (exact) mass is 275 g/mol. The molecule has 3 nitrogen and oxygen atoms in total. The first-order valence-electron chi connectivity index (χ1n) is 6.48. The molecule has 0 heterocycles. The summed E-state index contributed by atoms with van der Waals surface area (Å²) in [6.07, 6.45) is 0. The molecule has 20 heavy (non-hydrogen) atoms. The maximum Gasteiger partial charge on any atom is 0.146 e. The zero-order chi connectivity index (χ0) is 14.2. The summed E-state index contributed by atoms with van der Waals surface area (Å²) in [4.78, 5) is 0. The molecule has 2 aromatic carbocycles. The van der Waals surface area contributed by atoms with Gasteiger partial charge in [-0.3, -0.25) is 0 Å². The van der Waals surface area contributed by atoms with E-state index in [9.17, 15) is 4.39 Å². The molecular formula is C16H18FNO2. The smallest absolute Gasteiger partial charge is 0.146 e. The maximum absolute atomic E-state index is 13.3. The summed E-state index contributed by atoms with van der Waals surface area (Å²) in [5.41, 5.74) is 1.58. The van der Waals surface area contributed by atoms with E-state index in [0.717, 1.165) is 11.3 Å². The second-order valence-electron chi connectivity index (χ2n) is 4.31. The fraction of sp³-hybridized carbons (Fsp3) is 0.250. The van der Waals surface area contributed by atoms with Gasteiger partial charge in [-0.05, 0) is 29.8 Å². The Hall–Kier alpha value is -2.07. The van der Waals surface area contributed by atoms with Crippen LogP contribution in [0.4, 0.5) is 10.1 Å². The Morgan fingerprint density at radius 2 is 1.80 bits per heavy atom. The van der Waals surface area contributed by atoms with Gasteiger partial charge in [-0.25, -0.2) is 4.39 Å². The van der Waals surface area contributed by atoms with Crippen molar-refractivity contribution in [2.75, 3.05) is 25.6 Å². The van der Waals surface area contributed by atoms with Gasteiger partial charge in [0.1, 0.15) is 11.6 Å². The SMILES string of the molecule is COc1ccc(COCCNc2ccccc2F)cc1. The number of rotatable bonds is 7. The first-order valence-corrected chi connectivity index (χ1v) is 6.48. The van der Waals surface area contributed by atoms with Crippen molar-refractivity contribution in [2.24, 2.45) is 0 Å². The van der Waals surface area contributed by atoms with E-state index in [1.165, 1.54) is 6.07 Å². The van der Waals surface area contributed by atoms with Crippen molar-refractivity contribution in [2.45, 2.75) is 6.61 Å². The molecule has 0 aromatic heterocycles. The van der Waals surface area contributed by atoms with Gasteiger partial charge in [0.15, 0.2) is 0 Å². The molecule has 0 bridgehead atoms. The van der Waals surface area contributed by atoms with Gasteiger partial charge in [0.25, 0.3) is 0 Å². The molecule has 0 aliphatic rings. The summed E-state index contributed by atoms with van der Waals surface area (Å²) in [5.74, 6) is 0.581. The molecule has 0 aliphatic carbocycles. The van der Waals surface area contributed by atoms with E-state index < -0.39 is 0 Å². The lowest BCUT2D eigenvalue weighted by Gasteiger charge is -2.08. The highest BCUT2D eigenvalue weighted by atomic mass is 19.1. The number of anilines is 1. The Balaban J connectivity index is 1.67. The molecule has 0 aliphatic heterocycles. The number of methoxy groups -OCH3 is 1. The number of hydrogen-bond donors (Lipinski definition) is 1. The minimum atomic E-state index is -0.248. The fourth-order valence-corrected chi connectivity index (χ4v) is 1.77. The molecule has 0 saturated carbocycles. The molecule has 0 spiro atoms. The molecule has 0 unspecified atom stereocenters. The third-order valence-corrected chi connectivity index (χ3v) is 2.86. The maximum atomic E-state index is 13.3. The summed E-state index contributed by atoms with van der Waals surface area (Å²) in [6.45, 7) is 1.61. The van der Waals surface area contributed by atoms with Gasteiger partial charge in [-0.1, -0.05) is 24.3 Å². The Kier molecular flexibility index (Phi) is 5.38. The van der Waals surface area contributed by atoms with Crippen molar-refractivity contribution in [3.63, 3.8) is 0 Å². The van der Waals surface area contributed by atoms with Crippen LogP contribution >= 0.6 is 0 Å². The lowest BCUT2D eigenvalue weighted by atomic mass is 10.2. The Morgan fingerprint density at radius 1 is 1.05 bits per heavy atom. The molecule has 2 aromatic rings. The highest BCUT2D eigenvalue weighted by Gasteiger charge is 1.99. The fourth-order valence-electron chi connectivity index (χ4n) is 1.77. The van der Waals surface area contributed by atoms with E-state index in [0.29, 0.717) is 25.4 Å². The quantitative estimate of drug-likeness (QED) is 0.785. The summed E-state index contributed by atoms with van der Waals surface area (Å²) >= 11 is 0. The summed E-state index contributed by atoms with van der Waals surface area (Å²) in [5, 5.41) is 3.00. The zero-order valence-electron chi connectivity index (χ0n) is 11.4. The van der Waals surface area contributed by atoms with E-state index in [2.05, 4.69) is 5.32 Å². The van der Waals surface area contributed by atoms with Gasteiger partial charge in [0, 0.05) is 6.54 Å². The number of para-hydroxylation sites is 1. The van der Waals surface area contributed by atoms with Crippen LogP contribution < -0.4 is 10.1 Å². The van der Waals surface area contributed by atoms with Crippen LogP contribution in [0.3, 0.4) is 0 Å². The lowest BCUT2D eigenvalue weighted by Crippen LogP contribution is -2.10. The van der Waals surface area contributed by atoms with Gasteiger partial charge in [-0.2, -0.15) is 0 Å². The Bertz CT molecular complexity index is 528. The van der Waals surface area contributed by atoms with E-state index in [1.54, 1.807) is 25.3 Å². The van der Waals surface area contributed by atoms with Crippen molar-refractivity contribution in [1.82, 2.24) is 0 Å². The summed E-state index contributed by atoms with van der Waals surface area (Å²) in [7, 11) is 1.64. The van der Waals surface area contributed by atoms with Crippen LogP contribution in [0.15, 0.2) is 48.5 Å². The van der Waals surface area contributed by atoms with Crippen LogP contribution in [-0.2, 0) is 11.3 Å². The van der Waals surface area contributed by atoms with E-state index >= 15 is 0 Å². The standard InChI is InChI=1S/C16H18FNO2/c1-19-14-8-6-13(7-9-14)12-20-11-10-18-16-5-3-2-4-15(16)17/h2-9,18H,10-12H2,1H3. The van der Waals surface area contributed by atoms with Crippen LogP contribution in [0.2, 0.25) is 0 Å². The highest BCUT2D eigenvalue weighted by molar-refractivity contribution is 5.44. The third kappa shape index (κ3) is 4.24. The first-order chi connectivity index (χ1) is 9.79. The summed E-state index contributed by atoms with van der Waals surface area (Å²) < 4.78 is 23.9. The van der Waals surface area contributed by atoms with Crippen molar-refractivity contribution in [3.8, 4) is 5.75 Å². The molecule has 0 saturated heterocycles. The van der Waals surface area contributed by atoms with Crippen molar-refractivity contribution >= 4 is 5.69 Å². The van der Waals surface area contributed by atoms with Gasteiger partial charge >= 0.3 is 0 Å². The minimum Gasteiger partial charge on any atom is -0.497 e. The molecule has 2 rings (SSSR count). The Labute approximate surface area is 118 Å². The second-order valence-corrected chi connectivity index (χ2v) is 4.31. The van der Waals surface area contributed by atoms with E-state index in [1.807, 2.05) is 24.3 Å². The number of hydrogen-bond acceptors (Lipinski definition) is 3. The minimum absolute atomic E-state index is 0.248. The largest absolute Gasteiger partial charge is 0.497 e. The predicted molar refractivity (Wildman–Crippen MR) is 77.5 cm³/mol. The van der Waals surface area contributed by atoms with Gasteiger partial charge in [-0.15, -0.1) is 0 Å². The van der Waals surface area contributed by atoms with E-state index in [-0.39, 0.29) is 5.82 Å². The molecule has 4 heteroatoms. The third-order valence-electron chi connectivity index (χ3n) is 2.86. The van der Waals surface area contributed by atoms with Crippen molar-refractivity contribution < 1.29 is 13.9 Å². The summed E-state index contributed by atoms with van der Waals surface area (Å²) in [6, 6.07) is 14.3. The van der Waals surface area contributed by atoms with Crippen LogP contribution in [0.5, 0.6) is 5.75 Å².